The van der Waals surface area contributed by atoms with Gasteiger partial charge in [-0.25, -0.2) is 4.68 Å². The molecule has 3 nitrogen and oxygen atoms in total. The van der Waals surface area contributed by atoms with E-state index in [-0.39, 0.29) is 0 Å². The van der Waals surface area contributed by atoms with E-state index < -0.39 is 0 Å². The predicted molar refractivity (Wildman–Crippen MR) is 58.7 cm³/mol. The second-order valence-corrected chi connectivity index (χ2v) is 3.57. The predicted octanol–water partition coefficient (Wildman–Crippen LogP) is 2.47. The summed E-state index contributed by atoms with van der Waals surface area (Å²) in [6.07, 6.45) is 5.43. The van der Waals surface area contributed by atoms with Gasteiger partial charge in [0.25, 0.3) is 0 Å². The number of aromatic nitrogens is 3. The van der Waals surface area contributed by atoms with Gasteiger partial charge in [0.1, 0.15) is 0 Å². The molecule has 0 amide bonds. The number of pyridine rings is 1. The average Bonchev–Trinajstić information content (AvgIpc) is 2.61. The summed E-state index contributed by atoms with van der Waals surface area (Å²) in [6.45, 7) is 2.05. The summed E-state index contributed by atoms with van der Waals surface area (Å²) in [5.74, 6) is 0. The third-order valence-electron chi connectivity index (χ3n) is 2.15. The summed E-state index contributed by atoms with van der Waals surface area (Å²) in [6, 6.07) is 3.90. The van der Waals surface area contributed by atoms with Crippen LogP contribution in [0, 0.1) is 6.92 Å². The lowest BCUT2D eigenvalue weighted by Gasteiger charge is -2.03. The molecule has 14 heavy (non-hydrogen) atoms. The van der Waals surface area contributed by atoms with E-state index in [4.69, 9.17) is 0 Å². The zero-order valence-corrected chi connectivity index (χ0v) is 9.40. The molecule has 0 aromatic carbocycles. The largest absolute Gasteiger partial charge is 0.262 e. The van der Waals surface area contributed by atoms with Crippen molar-refractivity contribution in [2.75, 3.05) is 0 Å². The standard InChI is InChI=1S/C10H10BrN3/c1-8-9(5-11)6-13-14(8)10-3-2-4-12-7-10/h2-4,6-7H,5H2,1H3. The zero-order valence-electron chi connectivity index (χ0n) is 7.81. The molecule has 0 fully saturated rings. The smallest absolute Gasteiger partial charge is 0.0831 e. The Labute approximate surface area is 90.9 Å². The van der Waals surface area contributed by atoms with Crippen molar-refractivity contribution in [1.82, 2.24) is 14.8 Å². The molecular formula is C10H10BrN3. The lowest BCUT2D eigenvalue weighted by Crippen LogP contribution is -1.99. The fourth-order valence-electron chi connectivity index (χ4n) is 1.31. The van der Waals surface area contributed by atoms with E-state index in [1.165, 1.54) is 5.56 Å². The fraction of sp³-hybridized carbons (Fsp3) is 0.200. The Balaban J connectivity index is 2.48. The van der Waals surface area contributed by atoms with Crippen molar-refractivity contribution >= 4 is 15.9 Å². The summed E-state index contributed by atoms with van der Waals surface area (Å²) in [4.78, 5) is 4.06. The van der Waals surface area contributed by atoms with Crippen LogP contribution in [0.4, 0.5) is 0 Å². The minimum absolute atomic E-state index is 0.832. The van der Waals surface area contributed by atoms with Gasteiger partial charge in [0.15, 0.2) is 0 Å². The number of hydrogen-bond acceptors (Lipinski definition) is 2. The van der Waals surface area contributed by atoms with Crippen LogP contribution >= 0.6 is 15.9 Å². The van der Waals surface area contributed by atoms with Gasteiger partial charge in [-0.3, -0.25) is 4.98 Å². The van der Waals surface area contributed by atoms with Crippen molar-refractivity contribution in [2.45, 2.75) is 12.3 Å². The number of nitrogens with zero attached hydrogens (tertiary/aromatic N) is 3. The average molecular weight is 252 g/mol. The van der Waals surface area contributed by atoms with Crippen molar-refractivity contribution in [2.24, 2.45) is 0 Å². The highest BCUT2D eigenvalue weighted by Gasteiger charge is 2.05. The van der Waals surface area contributed by atoms with E-state index >= 15 is 0 Å². The first-order valence-corrected chi connectivity index (χ1v) is 5.45. The van der Waals surface area contributed by atoms with Gasteiger partial charge in [-0.15, -0.1) is 0 Å². The molecule has 0 atom stereocenters. The quantitative estimate of drug-likeness (QED) is 0.768. The maximum atomic E-state index is 4.30. The molecule has 0 spiro atoms. The monoisotopic (exact) mass is 251 g/mol. The maximum Gasteiger partial charge on any atom is 0.0831 e. The molecular weight excluding hydrogens is 242 g/mol. The van der Waals surface area contributed by atoms with Crippen molar-refractivity contribution in [1.29, 1.82) is 0 Å². The number of rotatable bonds is 2. The first-order valence-electron chi connectivity index (χ1n) is 4.33. The van der Waals surface area contributed by atoms with E-state index in [9.17, 15) is 0 Å². The number of halogens is 1. The molecule has 0 aliphatic carbocycles. The third kappa shape index (κ3) is 1.57. The summed E-state index contributed by atoms with van der Waals surface area (Å²) >= 11 is 3.43. The van der Waals surface area contributed by atoms with Crippen LogP contribution < -0.4 is 0 Å². The molecule has 2 aromatic rings. The molecule has 0 aliphatic rings. The van der Waals surface area contributed by atoms with Crippen LogP contribution in [0.3, 0.4) is 0 Å². The Kier molecular flexibility index (Phi) is 2.63. The molecule has 0 saturated carbocycles. The third-order valence-corrected chi connectivity index (χ3v) is 2.75. The van der Waals surface area contributed by atoms with Crippen molar-refractivity contribution in [3.05, 3.63) is 42.0 Å². The van der Waals surface area contributed by atoms with E-state index in [1.807, 2.05) is 23.0 Å². The summed E-state index contributed by atoms with van der Waals surface area (Å²) in [5.41, 5.74) is 3.35. The van der Waals surface area contributed by atoms with Gasteiger partial charge in [-0.1, -0.05) is 15.9 Å². The number of hydrogen-bond donors (Lipinski definition) is 0. The SMILES string of the molecule is Cc1c(CBr)cnn1-c1cccnc1. The summed E-state index contributed by atoms with van der Waals surface area (Å²) in [7, 11) is 0. The fourth-order valence-corrected chi connectivity index (χ4v) is 1.86. The van der Waals surface area contributed by atoms with Crippen molar-refractivity contribution in [3.63, 3.8) is 0 Å². The second-order valence-electron chi connectivity index (χ2n) is 3.01. The van der Waals surface area contributed by atoms with E-state index in [0.29, 0.717) is 0 Å². The highest BCUT2D eigenvalue weighted by Crippen LogP contribution is 2.14. The molecule has 2 rings (SSSR count). The molecule has 0 bridgehead atoms. The molecule has 0 N–H and O–H groups in total. The van der Waals surface area contributed by atoms with Gasteiger partial charge in [-0.05, 0) is 19.1 Å². The Morgan fingerprint density at radius 3 is 2.86 bits per heavy atom. The van der Waals surface area contributed by atoms with Crippen LogP contribution in [0.2, 0.25) is 0 Å². The summed E-state index contributed by atoms with van der Waals surface area (Å²) in [5, 5.41) is 5.14. The minimum Gasteiger partial charge on any atom is -0.262 e. The molecule has 2 heterocycles. The van der Waals surface area contributed by atoms with Gasteiger partial charge in [-0.2, -0.15) is 5.10 Å². The Bertz CT molecular complexity index is 422. The van der Waals surface area contributed by atoms with E-state index in [2.05, 4.69) is 32.9 Å². The molecule has 0 radical (unpaired) electrons. The van der Waals surface area contributed by atoms with Gasteiger partial charge in [0.05, 0.1) is 18.1 Å². The first-order chi connectivity index (χ1) is 6.83. The van der Waals surface area contributed by atoms with E-state index in [0.717, 1.165) is 16.7 Å². The first kappa shape index (κ1) is 9.40. The molecule has 0 unspecified atom stereocenters. The van der Waals surface area contributed by atoms with Crippen LogP contribution in [0.1, 0.15) is 11.3 Å². The molecule has 4 heteroatoms. The summed E-state index contributed by atoms with van der Waals surface area (Å²) < 4.78 is 1.89. The highest BCUT2D eigenvalue weighted by atomic mass is 79.9. The molecule has 0 aliphatic heterocycles. The Hall–Kier alpha value is -1.16. The second kappa shape index (κ2) is 3.92. The van der Waals surface area contributed by atoms with E-state index in [1.54, 1.807) is 12.4 Å². The van der Waals surface area contributed by atoms with Gasteiger partial charge >= 0.3 is 0 Å². The molecule has 72 valence electrons. The maximum absolute atomic E-state index is 4.30. The normalized spacial score (nSPS) is 10.4. The lowest BCUT2D eigenvalue weighted by atomic mass is 10.3. The van der Waals surface area contributed by atoms with Gasteiger partial charge < -0.3 is 0 Å². The van der Waals surface area contributed by atoms with Crippen LogP contribution in [0.5, 0.6) is 0 Å². The van der Waals surface area contributed by atoms with Crippen LogP contribution in [0.15, 0.2) is 30.7 Å². The topological polar surface area (TPSA) is 30.7 Å². The Morgan fingerprint density at radius 1 is 1.43 bits per heavy atom. The van der Waals surface area contributed by atoms with Gasteiger partial charge in [0, 0.05) is 22.8 Å². The zero-order chi connectivity index (χ0) is 9.97. The lowest BCUT2D eigenvalue weighted by molar-refractivity contribution is 0.840. The van der Waals surface area contributed by atoms with Crippen LogP contribution in [-0.2, 0) is 5.33 Å². The highest BCUT2D eigenvalue weighted by molar-refractivity contribution is 9.08. The Morgan fingerprint density at radius 2 is 2.29 bits per heavy atom. The van der Waals surface area contributed by atoms with Crippen molar-refractivity contribution < 1.29 is 0 Å². The molecule has 2 aromatic heterocycles. The van der Waals surface area contributed by atoms with Crippen molar-refractivity contribution in [3.8, 4) is 5.69 Å². The number of alkyl halides is 1. The molecule has 0 saturated heterocycles. The van der Waals surface area contributed by atoms with Crippen LogP contribution in [0.25, 0.3) is 5.69 Å². The minimum atomic E-state index is 0.832. The van der Waals surface area contributed by atoms with Crippen LogP contribution in [-0.4, -0.2) is 14.8 Å². The van der Waals surface area contributed by atoms with Gasteiger partial charge in [0.2, 0.25) is 0 Å².